The van der Waals surface area contributed by atoms with Crippen molar-refractivity contribution in [2.75, 3.05) is 0 Å². The molecule has 1 aromatic rings. The molecule has 0 aliphatic heterocycles. The second-order valence-electron chi connectivity index (χ2n) is 4.48. The quantitative estimate of drug-likeness (QED) is 0.730. The van der Waals surface area contributed by atoms with Crippen molar-refractivity contribution in [1.82, 2.24) is 4.98 Å². The fourth-order valence-electron chi connectivity index (χ4n) is 2.58. The summed E-state index contributed by atoms with van der Waals surface area (Å²) < 4.78 is 0. The van der Waals surface area contributed by atoms with E-state index < -0.39 is 0 Å². The summed E-state index contributed by atoms with van der Waals surface area (Å²) in [7, 11) is 0. The molecular formula is C12H18BrNS. The average Bonchev–Trinajstić information content (AvgIpc) is 2.65. The second-order valence-corrected chi connectivity index (χ2v) is 6.83. The van der Waals surface area contributed by atoms with Gasteiger partial charge in [-0.05, 0) is 32.1 Å². The Morgan fingerprint density at radius 3 is 2.93 bits per heavy atom. The van der Waals surface area contributed by atoms with Crippen molar-refractivity contribution < 1.29 is 0 Å². The zero-order chi connectivity index (χ0) is 10.8. The van der Waals surface area contributed by atoms with Crippen LogP contribution in [0.3, 0.4) is 0 Å². The Morgan fingerprint density at radius 1 is 1.53 bits per heavy atom. The summed E-state index contributed by atoms with van der Waals surface area (Å²) in [6, 6.07) is 0. The molecule has 1 nitrogen and oxygen atoms in total. The van der Waals surface area contributed by atoms with E-state index in [0.29, 0.717) is 10.7 Å². The van der Waals surface area contributed by atoms with Gasteiger partial charge in [0.1, 0.15) is 0 Å². The summed E-state index contributed by atoms with van der Waals surface area (Å²) in [5, 5.41) is 3.46. The van der Waals surface area contributed by atoms with Gasteiger partial charge in [0.05, 0.1) is 10.7 Å². The average molecular weight is 288 g/mol. The molecule has 1 heterocycles. The van der Waals surface area contributed by atoms with E-state index in [9.17, 15) is 0 Å². The van der Waals surface area contributed by atoms with E-state index in [1.54, 1.807) is 11.3 Å². The summed E-state index contributed by atoms with van der Waals surface area (Å²) in [6.45, 7) is 4.41. The predicted molar refractivity (Wildman–Crippen MR) is 69.9 cm³/mol. The van der Waals surface area contributed by atoms with Crippen LogP contribution < -0.4 is 0 Å². The Bertz CT molecular complexity index is 323. The minimum atomic E-state index is 0.693. The van der Waals surface area contributed by atoms with Gasteiger partial charge in [0.2, 0.25) is 0 Å². The topological polar surface area (TPSA) is 12.9 Å². The number of nitrogens with zero attached hydrogens (tertiary/aromatic N) is 1. The molecule has 3 heteroatoms. The van der Waals surface area contributed by atoms with Crippen LogP contribution in [0, 0.1) is 12.8 Å². The standard InChI is InChI=1S/C12H18BrNS/c1-3-9-4-5-10(13)6-11(9)12-7-15-8(2)14-12/h7,9-11H,3-6H2,1-2H3. The van der Waals surface area contributed by atoms with E-state index in [-0.39, 0.29) is 0 Å². The van der Waals surface area contributed by atoms with Gasteiger partial charge in [0.15, 0.2) is 0 Å². The van der Waals surface area contributed by atoms with Gasteiger partial charge in [-0.3, -0.25) is 0 Å². The van der Waals surface area contributed by atoms with Crippen molar-refractivity contribution in [3.8, 4) is 0 Å². The molecular weight excluding hydrogens is 270 g/mol. The molecule has 3 unspecified atom stereocenters. The normalized spacial score (nSPS) is 31.8. The maximum Gasteiger partial charge on any atom is 0.0897 e. The number of aromatic nitrogens is 1. The number of alkyl halides is 1. The van der Waals surface area contributed by atoms with Gasteiger partial charge < -0.3 is 0 Å². The first-order chi connectivity index (χ1) is 7.20. The highest BCUT2D eigenvalue weighted by Gasteiger charge is 2.30. The molecule has 0 radical (unpaired) electrons. The Kier molecular flexibility index (Phi) is 3.83. The predicted octanol–water partition coefficient (Wildman–Crippen LogP) is 4.51. The van der Waals surface area contributed by atoms with E-state index >= 15 is 0 Å². The second kappa shape index (κ2) is 4.96. The van der Waals surface area contributed by atoms with Gasteiger partial charge >= 0.3 is 0 Å². The fourth-order valence-corrected chi connectivity index (χ4v) is 3.93. The summed E-state index contributed by atoms with van der Waals surface area (Å²) in [5.74, 6) is 1.54. The Balaban J connectivity index is 2.16. The number of rotatable bonds is 2. The molecule has 84 valence electrons. The minimum Gasteiger partial charge on any atom is -0.246 e. The van der Waals surface area contributed by atoms with Crippen molar-refractivity contribution in [2.45, 2.75) is 50.3 Å². The molecule has 1 aliphatic carbocycles. The van der Waals surface area contributed by atoms with E-state index in [1.165, 1.54) is 36.4 Å². The van der Waals surface area contributed by atoms with Gasteiger partial charge in [-0.2, -0.15) is 0 Å². The third-order valence-electron chi connectivity index (χ3n) is 3.47. The molecule has 0 saturated heterocycles. The van der Waals surface area contributed by atoms with Gasteiger partial charge in [0, 0.05) is 16.1 Å². The van der Waals surface area contributed by atoms with E-state index in [0.717, 1.165) is 5.92 Å². The fraction of sp³-hybridized carbons (Fsp3) is 0.750. The van der Waals surface area contributed by atoms with Crippen molar-refractivity contribution in [3.63, 3.8) is 0 Å². The first-order valence-corrected chi connectivity index (χ1v) is 7.56. The molecule has 1 fully saturated rings. The lowest BCUT2D eigenvalue weighted by Crippen LogP contribution is -2.23. The zero-order valence-electron chi connectivity index (χ0n) is 9.37. The molecule has 3 atom stereocenters. The van der Waals surface area contributed by atoms with E-state index in [4.69, 9.17) is 0 Å². The van der Waals surface area contributed by atoms with Crippen LogP contribution in [0.5, 0.6) is 0 Å². The molecule has 0 bridgehead atoms. The van der Waals surface area contributed by atoms with Crippen LogP contribution in [0.1, 0.15) is 49.2 Å². The largest absolute Gasteiger partial charge is 0.246 e. The number of thiazole rings is 1. The van der Waals surface area contributed by atoms with Crippen LogP contribution in [-0.4, -0.2) is 9.81 Å². The SMILES string of the molecule is CCC1CCC(Br)CC1c1csc(C)n1. The third kappa shape index (κ3) is 2.62. The summed E-state index contributed by atoms with van der Waals surface area (Å²) in [4.78, 5) is 5.37. The highest BCUT2D eigenvalue weighted by atomic mass is 79.9. The molecule has 15 heavy (non-hydrogen) atoms. The summed E-state index contributed by atoms with van der Waals surface area (Å²) >= 11 is 5.55. The van der Waals surface area contributed by atoms with Crippen LogP contribution in [0.2, 0.25) is 0 Å². The zero-order valence-corrected chi connectivity index (χ0v) is 11.8. The number of halogens is 1. The molecule has 0 amide bonds. The lowest BCUT2D eigenvalue weighted by molar-refractivity contribution is 0.303. The van der Waals surface area contributed by atoms with Crippen molar-refractivity contribution >= 4 is 27.3 Å². The van der Waals surface area contributed by atoms with E-state index in [1.807, 2.05) is 0 Å². The first-order valence-electron chi connectivity index (χ1n) is 5.76. The van der Waals surface area contributed by atoms with Crippen LogP contribution in [-0.2, 0) is 0 Å². The highest BCUT2D eigenvalue weighted by Crippen LogP contribution is 2.41. The molecule has 1 saturated carbocycles. The molecule has 0 N–H and O–H groups in total. The van der Waals surface area contributed by atoms with Gasteiger partial charge in [0.25, 0.3) is 0 Å². The lowest BCUT2D eigenvalue weighted by Gasteiger charge is -2.32. The number of aryl methyl sites for hydroxylation is 1. The third-order valence-corrected chi connectivity index (χ3v) is 5.09. The van der Waals surface area contributed by atoms with Gasteiger partial charge in [-0.25, -0.2) is 4.98 Å². The Hall–Kier alpha value is 0.110. The van der Waals surface area contributed by atoms with Crippen LogP contribution in [0.25, 0.3) is 0 Å². The Labute approximate surface area is 104 Å². The Morgan fingerprint density at radius 2 is 2.33 bits per heavy atom. The van der Waals surface area contributed by atoms with Crippen molar-refractivity contribution in [1.29, 1.82) is 0 Å². The molecule has 0 aromatic carbocycles. The minimum absolute atomic E-state index is 0.693. The number of hydrogen-bond donors (Lipinski definition) is 0. The van der Waals surface area contributed by atoms with Crippen LogP contribution in [0.15, 0.2) is 5.38 Å². The highest BCUT2D eigenvalue weighted by molar-refractivity contribution is 9.09. The van der Waals surface area contributed by atoms with Gasteiger partial charge in [-0.15, -0.1) is 11.3 Å². The smallest absolute Gasteiger partial charge is 0.0897 e. The monoisotopic (exact) mass is 287 g/mol. The summed E-state index contributed by atoms with van der Waals surface area (Å²) in [6.07, 6.45) is 5.24. The maximum atomic E-state index is 4.66. The van der Waals surface area contributed by atoms with E-state index in [2.05, 4.69) is 40.1 Å². The van der Waals surface area contributed by atoms with Crippen LogP contribution in [0.4, 0.5) is 0 Å². The summed E-state index contributed by atoms with van der Waals surface area (Å²) in [5.41, 5.74) is 1.34. The molecule has 2 rings (SSSR count). The van der Waals surface area contributed by atoms with Crippen LogP contribution >= 0.6 is 27.3 Å². The van der Waals surface area contributed by atoms with Crippen molar-refractivity contribution in [3.05, 3.63) is 16.1 Å². The van der Waals surface area contributed by atoms with Gasteiger partial charge in [-0.1, -0.05) is 29.3 Å². The molecule has 1 aliphatic rings. The molecule has 1 aromatic heterocycles. The van der Waals surface area contributed by atoms with Crippen molar-refractivity contribution in [2.24, 2.45) is 5.92 Å². The lowest BCUT2D eigenvalue weighted by atomic mass is 9.76. The first kappa shape index (κ1) is 11.6. The number of hydrogen-bond acceptors (Lipinski definition) is 2. The molecule has 0 spiro atoms. The maximum absolute atomic E-state index is 4.66.